The molecule has 1 aromatic heterocycles. The zero-order valence-corrected chi connectivity index (χ0v) is 16.4. The average molecular weight is 380 g/mol. The number of allylic oxidation sites excluding steroid dienone is 1. The van der Waals surface area contributed by atoms with Crippen molar-refractivity contribution in [1.82, 2.24) is 15.3 Å². The Bertz CT molecular complexity index is 785. The van der Waals surface area contributed by atoms with Gasteiger partial charge in [0.15, 0.2) is 0 Å². The van der Waals surface area contributed by atoms with E-state index in [1.54, 1.807) is 13.3 Å². The molecular weight excluding hydrogens is 352 g/mol. The van der Waals surface area contributed by atoms with Gasteiger partial charge in [0, 0.05) is 13.1 Å². The van der Waals surface area contributed by atoms with Crippen molar-refractivity contribution in [3.8, 4) is 5.75 Å². The number of ether oxygens (including phenoxy) is 1. The first kappa shape index (κ1) is 19.9. The summed E-state index contributed by atoms with van der Waals surface area (Å²) in [4.78, 5) is 20.7. The lowest BCUT2D eigenvalue weighted by Gasteiger charge is -2.12. The maximum absolute atomic E-state index is 12.2. The van der Waals surface area contributed by atoms with Crippen molar-refractivity contribution >= 4 is 11.7 Å². The first-order valence-electron chi connectivity index (χ1n) is 9.89. The number of nitrogens with one attached hydrogen (secondary N) is 2. The highest BCUT2D eigenvalue weighted by Gasteiger charge is 2.09. The van der Waals surface area contributed by atoms with Crippen LogP contribution >= 0.6 is 0 Å². The molecule has 0 aliphatic heterocycles. The van der Waals surface area contributed by atoms with Gasteiger partial charge in [-0.25, -0.2) is 9.97 Å². The van der Waals surface area contributed by atoms with Crippen LogP contribution in [-0.4, -0.2) is 36.1 Å². The summed E-state index contributed by atoms with van der Waals surface area (Å²) < 4.78 is 5.16. The van der Waals surface area contributed by atoms with E-state index in [1.807, 2.05) is 24.3 Å². The van der Waals surface area contributed by atoms with Crippen LogP contribution in [-0.2, 0) is 6.42 Å². The number of methoxy groups -OCH3 is 1. The minimum Gasteiger partial charge on any atom is -0.497 e. The van der Waals surface area contributed by atoms with Gasteiger partial charge in [-0.2, -0.15) is 0 Å². The van der Waals surface area contributed by atoms with Crippen molar-refractivity contribution in [2.45, 2.75) is 38.5 Å². The molecule has 0 bridgehead atoms. The van der Waals surface area contributed by atoms with Crippen LogP contribution in [0.2, 0.25) is 0 Å². The molecule has 0 saturated heterocycles. The van der Waals surface area contributed by atoms with Crippen molar-refractivity contribution in [2.75, 3.05) is 25.5 Å². The van der Waals surface area contributed by atoms with Crippen molar-refractivity contribution < 1.29 is 9.53 Å². The standard InChI is InChI=1S/C22H28N4O2/c1-28-19-9-7-18(8-10-19)11-13-23-21-16-25-20(15-26-21)22(27)24-14-12-17-5-3-2-4-6-17/h5,7-10,15-16H,2-4,6,11-14H2,1H3,(H,23,26)(H,24,27). The molecule has 0 radical (unpaired) electrons. The van der Waals surface area contributed by atoms with Gasteiger partial charge < -0.3 is 15.4 Å². The van der Waals surface area contributed by atoms with Crippen LogP contribution < -0.4 is 15.4 Å². The molecule has 1 heterocycles. The minimum atomic E-state index is -0.173. The topological polar surface area (TPSA) is 76.1 Å². The third kappa shape index (κ3) is 6.08. The number of hydrogen-bond donors (Lipinski definition) is 2. The Morgan fingerprint density at radius 3 is 2.61 bits per heavy atom. The van der Waals surface area contributed by atoms with Crippen LogP contribution in [0.25, 0.3) is 0 Å². The Hall–Kier alpha value is -2.89. The van der Waals surface area contributed by atoms with Gasteiger partial charge in [0.2, 0.25) is 0 Å². The van der Waals surface area contributed by atoms with E-state index in [-0.39, 0.29) is 5.91 Å². The highest BCUT2D eigenvalue weighted by molar-refractivity contribution is 5.91. The van der Waals surface area contributed by atoms with E-state index < -0.39 is 0 Å². The SMILES string of the molecule is COc1ccc(CCNc2cnc(C(=O)NCCC3=CCCCC3)cn2)cc1. The molecule has 6 nitrogen and oxygen atoms in total. The summed E-state index contributed by atoms with van der Waals surface area (Å²) in [5, 5.41) is 6.16. The molecule has 6 heteroatoms. The summed E-state index contributed by atoms with van der Waals surface area (Å²) in [5.41, 5.74) is 3.01. The fraction of sp³-hybridized carbons (Fsp3) is 0.409. The van der Waals surface area contributed by atoms with Crippen molar-refractivity contribution in [3.05, 3.63) is 59.6 Å². The Morgan fingerprint density at radius 2 is 1.93 bits per heavy atom. The summed E-state index contributed by atoms with van der Waals surface area (Å²) in [6.07, 6.45) is 12.1. The number of rotatable bonds is 9. The molecule has 28 heavy (non-hydrogen) atoms. The quantitative estimate of drug-likeness (QED) is 0.648. The maximum atomic E-state index is 12.2. The normalized spacial score (nSPS) is 13.5. The molecule has 1 aliphatic rings. The molecule has 1 amide bonds. The third-order valence-electron chi connectivity index (χ3n) is 4.88. The number of carbonyl (C=O) groups excluding carboxylic acids is 1. The van der Waals surface area contributed by atoms with E-state index in [1.165, 1.54) is 36.6 Å². The van der Waals surface area contributed by atoms with Gasteiger partial charge in [-0.15, -0.1) is 0 Å². The van der Waals surface area contributed by atoms with E-state index in [0.717, 1.165) is 31.6 Å². The predicted molar refractivity (Wildman–Crippen MR) is 111 cm³/mol. The second-order valence-electron chi connectivity index (χ2n) is 6.93. The van der Waals surface area contributed by atoms with Gasteiger partial charge in [0.05, 0.1) is 19.5 Å². The first-order chi connectivity index (χ1) is 13.7. The van der Waals surface area contributed by atoms with E-state index >= 15 is 0 Å². The summed E-state index contributed by atoms with van der Waals surface area (Å²) in [6, 6.07) is 7.99. The number of amides is 1. The van der Waals surface area contributed by atoms with E-state index in [0.29, 0.717) is 18.1 Å². The Labute approximate surface area is 166 Å². The van der Waals surface area contributed by atoms with Gasteiger partial charge >= 0.3 is 0 Å². The number of hydrogen-bond acceptors (Lipinski definition) is 5. The smallest absolute Gasteiger partial charge is 0.271 e. The highest BCUT2D eigenvalue weighted by atomic mass is 16.5. The molecule has 2 N–H and O–H groups in total. The molecule has 0 unspecified atom stereocenters. The lowest BCUT2D eigenvalue weighted by atomic mass is 9.97. The van der Waals surface area contributed by atoms with E-state index in [2.05, 4.69) is 26.7 Å². The van der Waals surface area contributed by atoms with E-state index in [4.69, 9.17) is 4.74 Å². The van der Waals surface area contributed by atoms with Crippen LogP contribution in [0.5, 0.6) is 5.75 Å². The fourth-order valence-corrected chi connectivity index (χ4v) is 3.22. The van der Waals surface area contributed by atoms with Crippen molar-refractivity contribution in [1.29, 1.82) is 0 Å². The average Bonchev–Trinajstić information content (AvgIpc) is 2.75. The van der Waals surface area contributed by atoms with Crippen LogP contribution in [0.15, 0.2) is 48.3 Å². The lowest BCUT2D eigenvalue weighted by molar-refractivity contribution is 0.0948. The summed E-state index contributed by atoms with van der Waals surface area (Å²) in [6.45, 7) is 1.38. The van der Waals surface area contributed by atoms with Gasteiger partial charge in [0.25, 0.3) is 5.91 Å². The molecule has 0 spiro atoms. The first-order valence-corrected chi connectivity index (χ1v) is 9.89. The molecule has 0 fully saturated rings. The van der Waals surface area contributed by atoms with Crippen molar-refractivity contribution in [3.63, 3.8) is 0 Å². The number of aromatic nitrogens is 2. The summed E-state index contributed by atoms with van der Waals surface area (Å²) in [5.74, 6) is 1.35. The van der Waals surface area contributed by atoms with Crippen LogP contribution in [0.3, 0.4) is 0 Å². The fourth-order valence-electron chi connectivity index (χ4n) is 3.22. The largest absolute Gasteiger partial charge is 0.497 e. The number of carbonyl (C=O) groups is 1. The molecule has 148 valence electrons. The molecule has 3 rings (SSSR count). The maximum Gasteiger partial charge on any atom is 0.271 e. The summed E-state index contributed by atoms with van der Waals surface area (Å²) >= 11 is 0. The highest BCUT2D eigenvalue weighted by Crippen LogP contribution is 2.19. The minimum absolute atomic E-state index is 0.173. The van der Waals surface area contributed by atoms with Crippen LogP contribution in [0.1, 0.15) is 48.2 Å². The Kier molecular flexibility index (Phi) is 7.41. The van der Waals surface area contributed by atoms with Crippen molar-refractivity contribution in [2.24, 2.45) is 0 Å². The van der Waals surface area contributed by atoms with Gasteiger partial charge in [-0.1, -0.05) is 23.8 Å². The Morgan fingerprint density at radius 1 is 1.07 bits per heavy atom. The molecular formula is C22H28N4O2. The molecule has 2 aromatic rings. The number of benzene rings is 1. The van der Waals surface area contributed by atoms with Gasteiger partial charge in [-0.05, 0) is 56.2 Å². The van der Waals surface area contributed by atoms with Crippen LogP contribution in [0, 0.1) is 0 Å². The monoisotopic (exact) mass is 380 g/mol. The second kappa shape index (κ2) is 10.4. The lowest BCUT2D eigenvalue weighted by Crippen LogP contribution is -2.26. The second-order valence-corrected chi connectivity index (χ2v) is 6.93. The van der Waals surface area contributed by atoms with Crippen LogP contribution in [0.4, 0.5) is 5.82 Å². The molecule has 1 aromatic carbocycles. The zero-order chi connectivity index (χ0) is 19.6. The Balaban J connectivity index is 1.39. The molecule has 0 saturated carbocycles. The molecule has 0 atom stereocenters. The van der Waals surface area contributed by atoms with Gasteiger partial charge in [0.1, 0.15) is 17.3 Å². The number of anilines is 1. The zero-order valence-electron chi connectivity index (χ0n) is 16.4. The molecule has 1 aliphatic carbocycles. The van der Waals surface area contributed by atoms with E-state index in [9.17, 15) is 4.79 Å². The number of nitrogens with zero attached hydrogens (tertiary/aromatic N) is 2. The summed E-state index contributed by atoms with van der Waals surface area (Å²) in [7, 11) is 1.66. The van der Waals surface area contributed by atoms with Gasteiger partial charge in [-0.3, -0.25) is 4.79 Å². The predicted octanol–water partition coefficient (Wildman–Crippen LogP) is 3.76. The third-order valence-corrected chi connectivity index (χ3v) is 4.88.